The molecular weight excluding hydrogens is 156 g/mol. The number of hydrogen-bond donors (Lipinski definition) is 0. The van der Waals surface area contributed by atoms with Crippen LogP contribution in [-0.2, 0) is 0 Å². The molecular formula is C13H24. The Morgan fingerprint density at radius 1 is 1.00 bits per heavy atom. The van der Waals surface area contributed by atoms with E-state index in [-0.39, 0.29) is 0 Å². The van der Waals surface area contributed by atoms with Crippen molar-refractivity contribution in [2.75, 3.05) is 0 Å². The van der Waals surface area contributed by atoms with Crippen molar-refractivity contribution in [3.63, 3.8) is 0 Å². The van der Waals surface area contributed by atoms with Crippen LogP contribution < -0.4 is 0 Å². The van der Waals surface area contributed by atoms with Crippen LogP contribution in [0.4, 0.5) is 0 Å². The normalized spacial score (nSPS) is 50.1. The van der Waals surface area contributed by atoms with E-state index in [4.69, 9.17) is 0 Å². The predicted octanol–water partition coefficient (Wildman–Crippen LogP) is 3.96. The third kappa shape index (κ3) is 1.43. The van der Waals surface area contributed by atoms with E-state index < -0.39 is 0 Å². The van der Waals surface area contributed by atoms with Gasteiger partial charge in [-0.25, -0.2) is 0 Å². The van der Waals surface area contributed by atoms with E-state index in [2.05, 4.69) is 27.7 Å². The fourth-order valence-corrected chi connectivity index (χ4v) is 4.10. The summed E-state index contributed by atoms with van der Waals surface area (Å²) in [6, 6.07) is 0. The lowest BCUT2D eigenvalue weighted by atomic mass is 9.50. The van der Waals surface area contributed by atoms with Crippen molar-refractivity contribution in [2.45, 2.75) is 47.0 Å². The van der Waals surface area contributed by atoms with E-state index in [0.717, 1.165) is 35.5 Å². The smallest absolute Gasteiger partial charge is 0.0331 e. The average Bonchev–Trinajstić information content (AvgIpc) is 2.01. The number of fused-ring (bicyclic) bond motifs is 1. The van der Waals surface area contributed by atoms with Crippen LogP contribution in [0.3, 0.4) is 0 Å². The van der Waals surface area contributed by atoms with E-state index in [1.807, 2.05) is 0 Å². The predicted molar refractivity (Wildman–Crippen MR) is 57.5 cm³/mol. The summed E-state index contributed by atoms with van der Waals surface area (Å²) >= 11 is 0. The van der Waals surface area contributed by atoms with Crippen molar-refractivity contribution >= 4 is 0 Å². The third-order valence-corrected chi connectivity index (χ3v) is 4.81. The van der Waals surface area contributed by atoms with Crippen LogP contribution in [0, 0.1) is 35.5 Å². The van der Waals surface area contributed by atoms with Crippen LogP contribution in [0.25, 0.3) is 0 Å². The molecule has 13 heavy (non-hydrogen) atoms. The monoisotopic (exact) mass is 180 g/mol. The second-order valence-corrected chi connectivity index (χ2v) is 5.92. The van der Waals surface area contributed by atoms with Gasteiger partial charge in [0.15, 0.2) is 0 Å². The highest BCUT2D eigenvalue weighted by atomic mass is 14.5. The quantitative estimate of drug-likeness (QED) is 0.573. The largest absolute Gasteiger partial charge is 0.0625 e. The molecule has 5 unspecified atom stereocenters. The minimum absolute atomic E-state index is 0.924. The molecule has 2 rings (SSSR count). The SMILES string of the molecule is CC(C)C1CCC(C)C2C(C)CC12. The van der Waals surface area contributed by atoms with Gasteiger partial charge in [-0.2, -0.15) is 0 Å². The van der Waals surface area contributed by atoms with Gasteiger partial charge in [-0.05, 0) is 48.3 Å². The molecule has 0 heterocycles. The van der Waals surface area contributed by atoms with Crippen molar-refractivity contribution < 1.29 is 0 Å². The Morgan fingerprint density at radius 3 is 2.23 bits per heavy atom. The first-order chi connectivity index (χ1) is 6.11. The first-order valence-corrected chi connectivity index (χ1v) is 6.11. The van der Waals surface area contributed by atoms with E-state index in [1.165, 1.54) is 19.3 Å². The Morgan fingerprint density at radius 2 is 1.69 bits per heavy atom. The van der Waals surface area contributed by atoms with Crippen molar-refractivity contribution in [3.8, 4) is 0 Å². The summed E-state index contributed by atoms with van der Waals surface area (Å²) < 4.78 is 0. The van der Waals surface area contributed by atoms with Gasteiger partial charge in [-0.3, -0.25) is 0 Å². The van der Waals surface area contributed by atoms with Crippen LogP contribution >= 0.6 is 0 Å². The van der Waals surface area contributed by atoms with Crippen molar-refractivity contribution in [1.29, 1.82) is 0 Å². The van der Waals surface area contributed by atoms with Crippen molar-refractivity contribution in [1.82, 2.24) is 0 Å². The zero-order chi connectivity index (χ0) is 9.59. The molecule has 76 valence electrons. The average molecular weight is 180 g/mol. The maximum absolute atomic E-state index is 2.48. The molecule has 0 heteroatoms. The van der Waals surface area contributed by atoms with E-state index in [9.17, 15) is 0 Å². The van der Waals surface area contributed by atoms with Gasteiger partial charge in [-0.15, -0.1) is 0 Å². The van der Waals surface area contributed by atoms with E-state index in [1.54, 1.807) is 0 Å². The zero-order valence-electron chi connectivity index (χ0n) is 9.59. The van der Waals surface area contributed by atoms with Gasteiger partial charge in [-0.1, -0.05) is 34.1 Å². The topological polar surface area (TPSA) is 0 Å². The number of rotatable bonds is 1. The highest BCUT2D eigenvalue weighted by Gasteiger charge is 2.48. The molecule has 0 aromatic carbocycles. The highest BCUT2D eigenvalue weighted by Crippen LogP contribution is 2.55. The zero-order valence-corrected chi connectivity index (χ0v) is 9.59. The summed E-state index contributed by atoms with van der Waals surface area (Å²) in [4.78, 5) is 0. The maximum atomic E-state index is 2.48. The van der Waals surface area contributed by atoms with Crippen LogP contribution in [0.15, 0.2) is 0 Å². The molecule has 0 aromatic heterocycles. The summed E-state index contributed by atoms with van der Waals surface area (Å²) in [6.07, 6.45) is 4.53. The van der Waals surface area contributed by atoms with Crippen LogP contribution in [0.2, 0.25) is 0 Å². The standard InChI is InChI=1S/C13H24/c1-8(2)11-6-5-9(3)13-10(4)7-12(11)13/h8-13H,5-7H2,1-4H3. The molecule has 0 N–H and O–H groups in total. The summed E-state index contributed by atoms with van der Waals surface area (Å²) in [7, 11) is 0. The molecule has 5 atom stereocenters. The van der Waals surface area contributed by atoms with Gasteiger partial charge in [0, 0.05) is 0 Å². The molecule has 0 spiro atoms. The van der Waals surface area contributed by atoms with E-state index >= 15 is 0 Å². The van der Waals surface area contributed by atoms with E-state index in [0.29, 0.717) is 0 Å². The molecule has 0 saturated heterocycles. The maximum Gasteiger partial charge on any atom is -0.0331 e. The molecule has 0 nitrogen and oxygen atoms in total. The van der Waals surface area contributed by atoms with Gasteiger partial charge in [0.05, 0.1) is 0 Å². The first kappa shape index (κ1) is 9.55. The van der Waals surface area contributed by atoms with Crippen molar-refractivity contribution in [2.24, 2.45) is 35.5 Å². The fourth-order valence-electron chi connectivity index (χ4n) is 4.10. The van der Waals surface area contributed by atoms with Gasteiger partial charge >= 0.3 is 0 Å². The Labute approximate surface area is 83.1 Å². The second kappa shape index (κ2) is 3.29. The summed E-state index contributed by atoms with van der Waals surface area (Å²) in [5.74, 6) is 6.20. The molecule has 0 amide bonds. The molecule has 0 bridgehead atoms. The molecule has 2 aliphatic rings. The highest BCUT2D eigenvalue weighted by molar-refractivity contribution is 4.97. The lowest BCUT2D eigenvalue weighted by Crippen LogP contribution is -2.48. The van der Waals surface area contributed by atoms with Crippen LogP contribution in [0.5, 0.6) is 0 Å². The summed E-state index contributed by atoms with van der Waals surface area (Å²) in [6.45, 7) is 9.77. The molecule has 2 fully saturated rings. The summed E-state index contributed by atoms with van der Waals surface area (Å²) in [5, 5.41) is 0. The Hall–Kier alpha value is 0. The van der Waals surface area contributed by atoms with Gasteiger partial charge in [0.25, 0.3) is 0 Å². The minimum atomic E-state index is 0.924. The van der Waals surface area contributed by atoms with Crippen molar-refractivity contribution in [3.05, 3.63) is 0 Å². The van der Waals surface area contributed by atoms with Crippen LogP contribution in [-0.4, -0.2) is 0 Å². The summed E-state index contributed by atoms with van der Waals surface area (Å²) in [5.41, 5.74) is 0. The third-order valence-electron chi connectivity index (χ3n) is 4.81. The lowest BCUT2D eigenvalue weighted by Gasteiger charge is -2.55. The first-order valence-electron chi connectivity index (χ1n) is 6.11. The van der Waals surface area contributed by atoms with Gasteiger partial charge in [0.1, 0.15) is 0 Å². The minimum Gasteiger partial charge on any atom is -0.0625 e. The fraction of sp³-hybridized carbons (Fsp3) is 1.00. The van der Waals surface area contributed by atoms with Gasteiger partial charge < -0.3 is 0 Å². The molecule has 2 aliphatic carbocycles. The Balaban J connectivity index is 2.05. The lowest BCUT2D eigenvalue weighted by molar-refractivity contribution is -0.0589. The molecule has 2 saturated carbocycles. The second-order valence-electron chi connectivity index (χ2n) is 5.92. The van der Waals surface area contributed by atoms with Crippen LogP contribution in [0.1, 0.15) is 47.0 Å². The number of hydrogen-bond acceptors (Lipinski definition) is 0. The Kier molecular flexibility index (Phi) is 2.42. The molecule has 0 aliphatic heterocycles. The molecule has 0 radical (unpaired) electrons. The Bertz CT molecular complexity index is 176. The molecule has 0 aromatic rings. The van der Waals surface area contributed by atoms with Gasteiger partial charge in [0.2, 0.25) is 0 Å².